The Hall–Kier alpha value is -3.32. The molecule has 174 valence electrons. The number of hydrogen-bond acceptors (Lipinski definition) is 6. The first-order valence-corrected chi connectivity index (χ1v) is 11.3. The van der Waals surface area contributed by atoms with Crippen LogP contribution >= 0.6 is 0 Å². The maximum atomic E-state index is 13.5. The number of anilines is 1. The Morgan fingerprint density at radius 1 is 0.879 bits per heavy atom. The fourth-order valence-corrected chi connectivity index (χ4v) is 4.64. The normalized spacial score (nSPS) is 16.8. The molecular formula is C26H31N3O4. The van der Waals surface area contributed by atoms with E-state index in [1.54, 1.807) is 14.2 Å². The number of ether oxygens (including phenoxy) is 2. The Morgan fingerprint density at radius 3 is 2.24 bits per heavy atom. The summed E-state index contributed by atoms with van der Waals surface area (Å²) < 4.78 is 10.7. The van der Waals surface area contributed by atoms with E-state index >= 15 is 0 Å². The van der Waals surface area contributed by atoms with Crippen LogP contribution in [-0.2, 0) is 14.3 Å². The van der Waals surface area contributed by atoms with Crippen LogP contribution in [0.25, 0.3) is 5.57 Å². The van der Waals surface area contributed by atoms with Crippen LogP contribution < -0.4 is 9.64 Å². The van der Waals surface area contributed by atoms with E-state index in [-0.39, 0.29) is 18.4 Å². The molecule has 1 fully saturated rings. The Labute approximate surface area is 195 Å². The lowest BCUT2D eigenvalue weighted by atomic mass is 9.97. The Bertz CT molecular complexity index is 1090. The summed E-state index contributed by atoms with van der Waals surface area (Å²) in [7, 11) is 3.25. The summed E-state index contributed by atoms with van der Waals surface area (Å²) in [5, 5.41) is 0. The monoisotopic (exact) mass is 449 g/mol. The molecular weight excluding hydrogens is 418 g/mol. The molecule has 0 radical (unpaired) electrons. The molecule has 33 heavy (non-hydrogen) atoms. The fourth-order valence-electron chi connectivity index (χ4n) is 4.64. The van der Waals surface area contributed by atoms with Gasteiger partial charge in [0.05, 0.1) is 31.5 Å². The van der Waals surface area contributed by atoms with Gasteiger partial charge in [-0.2, -0.15) is 0 Å². The number of nitrogens with zero attached hydrogens (tertiary/aromatic N) is 3. The van der Waals surface area contributed by atoms with Crippen LogP contribution in [0.3, 0.4) is 0 Å². The summed E-state index contributed by atoms with van der Waals surface area (Å²) >= 11 is 0. The third-order valence-corrected chi connectivity index (χ3v) is 6.34. The maximum Gasteiger partial charge on any atom is 0.277 e. The van der Waals surface area contributed by atoms with Gasteiger partial charge in [0.15, 0.2) is 0 Å². The average Bonchev–Trinajstić information content (AvgIpc) is 3.07. The first-order valence-electron chi connectivity index (χ1n) is 11.3. The highest BCUT2D eigenvalue weighted by molar-refractivity contribution is 6.35. The molecule has 7 nitrogen and oxygen atoms in total. The van der Waals surface area contributed by atoms with Gasteiger partial charge in [-0.15, -0.1) is 0 Å². The molecule has 2 aliphatic rings. The lowest BCUT2D eigenvalue weighted by molar-refractivity contribution is -0.138. The zero-order valence-corrected chi connectivity index (χ0v) is 19.8. The molecule has 0 saturated carbocycles. The van der Waals surface area contributed by atoms with Crippen LogP contribution in [0.2, 0.25) is 0 Å². The molecule has 0 unspecified atom stereocenters. The third-order valence-electron chi connectivity index (χ3n) is 6.34. The van der Waals surface area contributed by atoms with Gasteiger partial charge in [-0.3, -0.25) is 14.5 Å². The third kappa shape index (κ3) is 4.33. The van der Waals surface area contributed by atoms with E-state index in [1.165, 1.54) is 4.90 Å². The zero-order valence-electron chi connectivity index (χ0n) is 19.8. The minimum atomic E-state index is -0.244. The zero-order chi connectivity index (χ0) is 23.5. The molecule has 7 heteroatoms. The molecule has 0 bridgehead atoms. The van der Waals surface area contributed by atoms with Crippen LogP contribution in [0, 0.1) is 13.8 Å². The Morgan fingerprint density at radius 2 is 1.58 bits per heavy atom. The fraction of sp³-hybridized carbons (Fsp3) is 0.385. The maximum absolute atomic E-state index is 13.5. The molecule has 0 N–H and O–H groups in total. The van der Waals surface area contributed by atoms with Crippen molar-refractivity contribution in [3.63, 3.8) is 0 Å². The first kappa shape index (κ1) is 22.9. The van der Waals surface area contributed by atoms with E-state index < -0.39 is 0 Å². The quantitative estimate of drug-likeness (QED) is 0.606. The highest BCUT2D eigenvalue weighted by Gasteiger charge is 2.42. The van der Waals surface area contributed by atoms with Crippen molar-refractivity contribution in [2.24, 2.45) is 0 Å². The van der Waals surface area contributed by atoms with Gasteiger partial charge in [-0.25, -0.2) is 0 Å². The van der Waals surface area contributed by atoms with Gasteiger partial charge < -0.3 is 19.3 Å². The molecule has 2 amide bonds. The molecule has 2 aromatic rings. The molecule has 0 spiro atoms. The average molecular weight is 450 g/mol. The van der Waals surface area contributed by atoms with Gasteiger partial charge in [-0.05, 0) is 37.1 Å². The van der Waals surface area contributed by atoms with E-state index in [9.17, 15) is 9.59 Å². The Kier molecular flexibility index (Phi) is 6.70. The van der Waals surface area contributed by atoms with Gasteiger partial charge in [0.1, 0.15) is 11.4 Å². The van der Waals surface area contributed by atoms with Crippen molar-refractivity contribution >= 4 is 23.1 Å². The molecule has 4 rings (SSSR count). The number of amides is 2. The first-order chi connectivity index (χ1) is 16.0. The van der Waals surface area contributed by atoms with E-state index in [0.29, 0.717) is 31.0 Å². The highest BCUT2D eigenvalue weighted by atomic mass is 16.5. The second-order valence-corrected chi connectivity index (χ2v) is 8.44. The number of rotatable bonds is 7. The van der Waals surface area contributed by atoms with Crippen LogP contribution in [-0.4, -0.2) is 75.2 Å². The van der Waals surface area contributed by atoms with Crippen molar-refractivity contribution in [2.45, 2.75) is 13.8 Å². The van der Waals surface area contributed by atoms with Crippen LogP contribution in [0.15, 0.2) is 48.2 Å². The molecule has 0 aromatic heterocycles. The van der Waals surface area contributed by atoms with Crippen LogP contribution in [0.1, 0.15) is 16.7 Å². The van der Waals surface area contributed by atoms with Crippen molar-refractivity contribution in [1.29, 1.82) is 0 Å². The topological polar surface area (TPSA) is 62.3 Å². The van der Waals surface area contributed by atoms with Crippen molar-refractivity contribution in [3.8, 4) is 5.75 Å². The molecule has 2 aromatic carbocycles. The lowest BCUT2D eigenvalue weighted by Gasteiger charge is -2.38. The van der Waals surface area contributed by atoms with E-state index in [2.05, 4.69) is 15.9 Å². The van der Waals surface area contributed by atoms with Crippen molar-refractivity contribution < 1.29 is 19.1 Å². The summed E-state index contributed by atoms with van der Waals surface area (Å²) in [5.74, 6) is 0.350. The molecule has 1 saturated heterocycles. The number of methoxy groups -OCH3 is 2. The van der Waals surface area contributed by atoms with Crippen LogP contribution in [0.4, 0.5) is 5.69 Å². The number of imide groups is 1. The van der Waals surface area contributed by atoms with E-state index in [1.807, 2.05) is 50.2 Å². The van der Waals surface area contributed by atoms with Crippen molar-refractivity contribution in [3.05, 3.63) is 64.9 Å². The second kappa shape index (κ2) is 9.67. The number of benzene rings is 2. The van der Waals surface area contributed by atoms with Gasteiger partial charge in [0, 0.05) is 33.3 Å². The predicted octanol–water partition coefficient (Wildman–Crippen LogP) is 2.86. The SMILES string of the molecule is COCCN1C(=O)C(c2ccc(C)cc2C)=C(N2CCN(c3ccccc3OC)CC2)C1=O. The summed E-state index contributed by atoms with van der Waals surface area (Å²) in [6, 6.07) is 13.9. The Balaban J connectivity index is 1.66. The summed E-state index contributed by atoms with van der Waals surface area (Å²) in [6.45, 7) is 7.29. The van der Waals surface area contributed by atoms with Gasteiger partial charge in [-0.1, -0.05) is 35.9 Å². The smallest absolute Gasteiger partial charge is 0.277 e. The number of carbonyl (C=O) groups is 2. The van der Waals surface area contributed by atoms with E-state index in [4.69, 9.17) is 9.47 Å². The number of carbonyl (C=O) groups excluding carboxylic acids is 2. The largest absolute Gasteiger partial charge is 0.495 e. The number of para-hydroxylation sites is 2. The van der Waals surface area contributed by atoms with Crippen molar-refractivity contribution in [2.75, 3.05) is 58.5 Å². The molecule has 2 heterocycles. The summed E-state index contributed by atoms with van der Waals surface area (Å²) in [4.78, 5) is 32.5. The lowest BCUT2D eigenvalue weighted by Crippen LogP contribution is -2.48. The molecule has 0 atom stereocenters. The standard InChI is InChI=1S/C26H31N3O4/c1-18-9-10-20(19(2)17-18)23-24(26(31)29(25(23)30)15-16-32-3)28-13-11-27(12-14-28)21-7-5-6-8-22(21)33-4/h5-10,17H,11-16H2,1-4H3. The predicted molar refractivity (Wildman–Crippen MR) is 128 cm³/mol. The van der Waals surface area contributed by atoms with E-state index in [0.717, 1.165) is 41.2 Å². The van der Waals surface area contributed by atoms with Gasteiger partial charge >= 0.3 is 0 Å². The van der Waals surface area contributed by atoms with Crippen molar-refractivity contribution in [1.82, 2.24) is 9.80 Å². The van der Waals surface area contributed by atoms with Crippen LogP contribution in [0.5, 0.6) is 5.75 Å². The molecule has 0 aliphatic carbocycles. The number of hydrogen-bond donors (Lipinski definition) is 0. The highest BCUT2D eigenvalue weighted by Crippen LogP contribution is 2.35. The number of piperazine rings is 1. The molecule has 2 aliphatic heterocycles. The minimum Gasteiger partial charge on any atom is -0.495 e. The second-order valence-electron chi connectivity index (χ2n) is 8.44. The minimum absolute atomic E-state index is 0.238. The van der Waals surface area contributed by atoms with Gasteiger partial charge in [0.25, 0.3) is 11.8 Å². The number of aryl methyl sites for hydroxylation is 2. The van der Waals surface area contributed by atoms with Gasteiger partial charge in [0.2, 0.25) is 0 Å². The summed E-state index contributed by atoms with van der Waals surface area (Å²) in [6.07, 6.45) is 0. The summed E-state index contributed by atoms with van der Waals surface area (Å²) in [5.41, 5.74) is 4.98.